The molecule has 0 N–H and O–H groups in total. The van der Waals surface area contributed by atoms with Crippen molar-refractivity contribution in [2.24, 2.45) is 0 Å². The van der Waals surface area contributed by atoms with Crippen LogP contribution in [-0.4, -0.2) is 63.3 Å². The summed E-state index contributed by atoms with van der Waals surface area (Å²) in [6.45, 7) is 3.79. The van der Waals surface area contributed by atoms with Gasteiger partial charge in [0.1, 0.15) is 18.1 Å². The molecule has 3 aromatic carbocycles. The van der Waals surface area contributed by atoms with Crippen LogP contribution in [0, 0.1) is 0 Å². The molecule has 0 fully saturated rings. The zero-order chi connectivity index (χ0) is 27.1. The standard InChI is InChI=1S/C34H49N2O2/c1-35(2)32(27-30-17-11-9-12-18-30)28-36(3,4)25-15-7-5-6-8-16-26-37-33-21-23-34(24-22-33)38-29-31-19-13-10-14-20-31/h9-14,17-24,32H,5-8,15-16,25-29H2,1-4H3/q+1. The van der Waals surface area contributed by atoms with Crippen molar-refractivity contribution in [2.45, 2.75) is 57.6 Å². The van der Waals surface area contributed by atoms with Crippen LogP contribution in [0.5, 0.6) is 11.5 Å². The molecule has 0 aliphatic carbocycles. The van der Waals surface area contributed by atoms with Gasteiger partial charge in [-0.2, -0.15) is 0 Å². The van der Waals surface area contributed by atoms with Gasteiger partial charge < -0.3 is 18.9 Å². The molecule has 4 heteroatoms. The molecule has 0 radical (unpaired) electrons. The van der Waals surface area contributed by atoms with Crippen molar-refractivity contribution in [1.29, 1.82) is 0 Å². The third-order valence-corrected chi connectivity index (χ3v) is 7.25. The van der Waals surface area contributed by atoms with Gasteiger partial charge >= 0.3 is 0 Å². The number of unbranched alkanes of at least 4 members (excludes halogenated alkanes) is 5. The van der Waals surface area contributed by atoms with E-state index in [1.165, 1.54) is 56.3 Å². The molecule has 206 valence electrons. The zero-order valence-corrected chi connectivity index (χ0v) is 24.1. The van der Waals surface area contributed by atoms with Gasteiger partial charge in [0.2, 0.25) is 0 Å². The van der Waals surface area contributed by atoms with Gasteiger partial charge in [0.15, 0.2) is 0 Å². The number of likely N-dealkylation sites (N-methyl/N-ethyl adjacent to an activating group) is 2. The summed E-state index contributed by atoms with van der Waals surface area (Å²) in [4.78, 5) is 2.39. The maximum absolute atomic E-state index is 5.93. The third-order valence-electron chi connectivity index (χ3n) is 7.25. The van der Waals surface area contributed by atoms with Gasteiger partial charge in [-0.05, 0) is 75.2 Å². The van der Waals surface area contributed by atoms with Crippen molar-refractivity contribution in [2.75, 3.05) is 47.9 Å². The normalized spacial score (nSPS) is 12.4. The van der Waals surface area contributed by atoms with E-state index in [2.05, 4.69) is 75.6 Å². The molecule has 0 aliphatic heterocycles. The fourth-order valence-corrected chi connectivity index (χ4v) is 4.87. The lowest BCUT2D eigenvalue weighted by Crippen LogP contribution is -2.50. The fourth-order valence-electron chi connectivity index (χ4n) is 4.87. The molecule has 0 heterocycles. The first kappa shape index (κ1) is 29.7. The van der Waals surface area contributed by atoms with E-state index in [-0.39, 0.29) is 0 Å². The van der Waals surface area contributed by atoms with Crippen LogP contribution in [0.2, 0.25) is 0 Å². The van der Waals surface area contributed by atoms with E-state index in [1.54, 1.807) is 0 Å². The maximum Gasteiger partial charge on any atom is 0.120 e. The summed E-state index contributed by atoms with van der Waals surface area (Å²) in [6.07, 6.45) is 8.68. The SMILES string of the molecule is CN(C)C(Cc1ccccc1)C[N+](C)(C)CCCCCCCCOc1ccc(OCc2ccccc2)cc1. The lowest BCUT2D eigenvalue weighted by molar-refractivity contribution is -0.892. The van der Waals surface area contributed by atoms with E-state index in [9.17, 15) is 0 Å². The number of nitrogens with zero attached hydrogens (tertiary/aromatic N) is 2. The second-order valence-electron chi connectivity index (χ2n) is 11.4. The van der Waals surface area contributed by atoms with Crippen LogP contribution in [-0.2, 0) is 13.0 Å². The van der Waals surface area contributed by atoms with Crippen molar-refractivity contribution in [3.05, 3.63) is 96.1 Å². The monoisotopic (exact) mass is 517 g/mol. The molecule has 0 aliphatic rings. The molecule has 0 amide bonds. The number of quaternary nitrogens is 1. The summed E-state index contributed by atoms with van der Waals surface area (Å²) in [7, 11) is 9.21. The van der Waals surface area contributed by atoms with Crippen LogP contribution in [0.1, 0.15) is 49.7 Å². The Labute approximate surface area is 231 Å². The van der Waals surface area contributed by atoms with Crippen LogP contribution in [0.4, 0.5) is 0 Å². The summed E-state index contributed by atoms with van der Waals surface area (Å²) in [6, 6.07) is 29.7. The molecule has 3 rings (SSSR count). The van der Waals surface area contributed by atoms with Gasteiger partial charge in [-0.3, -0.25) is 0 Å². The highest BCUT2D eigenvalue weighted by atomic mass is 16.5. The van der Waals surface area contributed by atoms with Crippen LogP contribution in [0.3, 0.4) is 0 Å². The third kappa shape index (κ3) is 11.7. The Morgan fingerprint density at radius 1 is 0.632 bits per heavy atom. The highest BCUT2D eigenvalue weighted by Gasteiger charge is 2.23. The van der Waals surface area contributed by atoms with E-state index in [4.69, 9.17) is 9.47 Å². The molecular formula is C34H49N2O2+. The van der Waals surface area contributed by atoms with E-state index >= 15 is 0 Å². The lowest BCUT2D eigenvalue weighted by Gasteiger charge is -2.36. The van der Waals surface area contributed by atoms with Crippen molar-refractivity contribution >= 4 is 0 Å². The molecular weight excluding hydrogens is 468 g/mol. The Kier molecular flexibility index (Phi) is 12.7. The van der Waals surface area contributed by atoms with Gasteiger partial charge in [0.25, 0.3) is 0 Å². The number of rotatable bonds is 18. The Morgan fingerprint density at radius 2 is 1.16 bits per heavy atom. The molecule has 3 aromatic rings. The minimum absolute atomic E-state index is 0.561. The summed E-state index contributed by atoms with van der Waals surface area (Å²) in [5, 5.41) is 0. The minimum Gasteiger partial charge on any atom is -0.494 e. The summed E-state index contributed by atoms with van der Waals surface area (Å²) >= 11 is 0. The highest BCUT2D eigenvalue weighted by molar-refractivity contribution is 5.31. The van der Waals surface area contributed by atoms with Gasteiger partial charge in [-0.15, -0.1) is 0 Å². The summed E-state index contributed by atoms with van der Waals surface area (Å²) in [5.74, 6) is 1.79. The molecule has 38 heavy (non-hydrogen) atoms. The average molecular weight is 518 g/mol. The second-order valence-corrected chi connectivity index (χ2v) is 11.4. The van der Waals surface area contributed by atoms with Gasteiger partial charge in [0.05, 0.1) is 39.8 Å². The molecule has 0 aromatic heterocycles. The lowest BCUT2D eigenvalue weighted by atomic mass is 10.0. The molecule has 1 unspecified atom stereocenters. The Morgan fingerprint density at radius 3 is 1.76 bits per heavy atom. The first-order chi connectivity index (χ1) is 18.4. The van der Waals surface area contributed by atoms with Crippen molar-refractivity contribution in [1.82, 2.24) is 4.90 Å². The first-order valence-corrected chi connectivity index (χ1v) is 14.3. The number of ether oxygens (including phenoxy) is 2. The van der Waals surface area contributed by atoms with Gasteiger partial charge in [-0.1, -0.05) is 79.9 Å². The van der Waals surface area contributed by atoms with Gasteiger partial charge in [-0.25, -0.2) is 0 Å². The first-order valence-electron chi connectivity index (χ1n) is 14.3. The number of hydrogen-bond donors (Lipinski definition) is 0. The Hall–Kier alpha value is -2.82. The Bertz CT molecular complexity index is 1000. The van der Waals surface area contributed by atoms with Crippen molar-refractivity contribution < 1.29 is 14.0 Å². The summed E-state index contributed by atoms with van der Waals surface area (Å²) in [5.41, 5.74) is 2.60. The summed E-state index contributed by atoms with van der Waals surface area (Å²) < 4.78 is 12.9. The molecule has 0 spiro atoms. The van der Waals surface area contributed by atoms with Gasteiger partial charge in [0, 0.05) is 0 Å². The van der Waals surface area contributed by atoms with Crippen LogP contribution >= 0.6 is 0 Å². The maximum atomic E-state index is 5.93. The van der Waals surface area contributed by atoms with Crippen molar-refractivity contribution in [3.63, 3.8) is 0 Å². The van der Waals surface area contributed by atoms with E-state index in [0.29, 0.717) is 12.6 Å². The van der Waals surface area contributed by atoms with E-state index in [0.717, 1.165) is 35.4 Å². The average Bonchev–Trinajstić information content (AvgIpc) is 2.92. The van der Waals surface area contributed by atoms with E-state index < -0.39 is 0 Å². The second kappa shape index (κ2) is 16.2. The predicted octanol–water partition coefficient (Wildman–Crippen LogP) is 7.23. The molecule has 1 atom stereocenters. The molecule has 0 saturated heterocycles. The van der Waals surface area contributed by atoms with Crippen LogP contribution < -0.4 is 9.47 Å². The molecule has 4 nitrogen and oxygen atoms in total. The Balaban J connectivity index is 1.22. The molecule has 0 bridgehead atoms. The topological polar surface area (TPSA) is 21.7 Å². The quantitative estimate of drug-likeness (QED) is 0.131. The highest BCUT2D eigenvalue weighted by Crippen LogP contribution is 2.19. The fraction of sp³-hybridized carbons (Fsp3) is 0.471. The van der Waals surface area contributed by atoms with Crippen LogP contribution in [0.15, 0.2) is 84.9 Å². The largest absolute Gasteiger partial charge is 0.494 e. The predicted molar refractivity (Wildman–Crippen MR) is 160 cm³/mol. The number of benzene rings is 3. The van der Waals surface area contributed by atoms with Crippen molar-refractivity contribution in [3.8, 4) is 11.5 Å². The molecule has 0 saturated carbocycles. The minimum atomic E-state index is 0.561. The smallest absolute Gasteiger partial charge is 0.120 e. The van der Waals surface area contributed by atoms with Crippen LogP contribution in [0.25, 0.3) is 0 Å². The zero-order valence-electron chi connectivity index (χ0n) is 24.1. The van der Waals surface area contributed by atoms with E-state index in [1.807, 2.05) is 42.5 Å². The number of hydrogen-bond acceptors (Lipinski definition) is 3.